The van der Waals surface area contributed by atoms with Gasteiger partial charge in [-0.3, -0.25) is 4.57 Å². The summed E-state index contributed by atoms with van der Waals surface area (Å²) in [6.07, 6.45) is 1.43. The van der Waals surface area contributed by atoms with Crippen LogP contribution in [0.25, 0.3) is 0 Å². The molecule has 11 heavy (non-hydrogen) atoms. The molecule has 0 unspecified atom stereocenters. The number of rotatable bonds is 4. The van der Waals surface area contributed by atoms with E-state index in [1.807, 2.05) is 0 Å². The summed E-state index contributed by atoms with van der Waals surface area (Å²) >= 11 is 0. The van der Waals surface area contributed by atoms with Gasteiger partial charge in [0, 0.05) is 12.3 Å². The van der Waals surface area contributed by atoms with Crippen LogP contribution in [0.4, 0.5) is 0 Å². The first-order valence-corrected chi connectivity index (χ1v) is 7.13. The highest BCUT2D eigenvalue weighted by Crippen LogP contribution is 2.47. The Morgan fingerprint density at radius 3 is 1.73 bits per heavy atom. The van der Waals surface area contributed by atoms with Gasteiger partial charge in [-0.05, 0) is 0 Å². The van der Waals surface area contributed by atoms with E-state index in [4.69, 9.17) is 0 Å². The van der Waals surface area contributed by atoms with E-state index in [1.165, 1.54) is 0 Å². The van der Waals surface area contributed by atoms with E-state index in [2.05, 4.69) is 3.97 Å². The minimum absolute atomic E-state index is 0.260. The second-order valence-electron chi connectivity index (χ2n) is 2.23. The van der Waals surface area contributed by atoms with Crippen LogP contribution in [0.15, 0.2) is 0 Å². The summed E-state index contributed by atoms with van der Waals surface area (Å²) in [5.74, 6) is 0. The molecule has 0 spiro atoms. The monoisotopic (exact) mass is 200 g/mol. The molecular formula is C5H13O4PS. The lowest BCUT2D eigenvalue weighted by Crippen LogP contribution is -2.03. The molecule has 0 aromatic carbocycles. The van der Waals surface area contributed by atoms with E-state index in [-0.39, 0.29) is 12.3 Å². The molecule has 0 rings (SSSR count). The van der Waals surface area contributed by atoms with Crippen molar-refractivity contribution in [2.75, 3.05) is 18.6 Å². The molecule has 0 saturated carbocycles. The molecule has 4 nitrogen and oxygen atoms in total. The molecule has 0 aromatic rings. The van der Waals surface area contributed by atoms with Gasteiger partial charge in [0.1, 0.15) is 0 Å². The van der Waals surface area contributed by atoms with Crippen LogP contribution in [-0.2, 0) is 18.7 Å². The Morgan fingerprint density at radius 2 is 1.64 bits per heavy atom. The maximum atomic E-state index is 11.4. The lowest BCUT2D eigenvalue weighted by Gasteiger charge is -2.11. The summed E-state index contributed by atoms with van der Waals surface area (Å²) in [5.41, 5.74) is 0. The molecule has 6 heteroatoms. The topological polar surface area (TPSA) is 60.4 Å². The van der Waals surface area contributed by atoms with E-state index in [1.54, 1.807) is 13.8 Å². The molecule has 0 fully saturated rings. The highest BCUT2D eigenvalue weighted by molar-refractivity contribution is 7.91. The molecule has 0 aliphatic heterocycles. The molecule has 0 saturated heterocycles. The smallest absolute Gasteiger partial charge is 0.270 e. The molecule has 0 aliphatic rings. The Labute approximate surface area is 67.5 Å². The van der Waals surface area contributed by atoms with Gasteiger partial charge < -0.3 is 0 Å². The zero-order valence-electron chi connectivity index (χ0n) is 6.90. The van der Waals surface area contributed by atoms with Crippen LogP contribution < -0.4 is 0 Å². The Kier molecular flexibility index (Phi) is 3.74. The molecule has 0 atom stereocenters. The molecule has 0 heterocycles. The van der Waals surface area contributed by atoms with Gasteiger partial charge in [-0.2, -0.15) is 8.42 Å². The maximum absolute atomic E-state index is 11.4. The van der Waals surface area contributed by atoms with Crippen LogP contribution in [-0.4, -0.2) is 27.0 Å². The minimum atomic E-state index is -3.57. The van der Waals surface area contributed by atoms with Crippen molar-refractivity contribution in [3.8, 4) is 0 Å². The molecule has 0 bridgehead atoms. The third-order valence-corrected chi connectivity index (χ3v) is 5.33. The fraction of sp³-hybridized carbons (Fsp3) is 1.00. The third-order valence-electron chi connectivity index (χ3n) is 1.23. The van der Waals surface area contributed by atoms with Gasteiger partial charge in [0.15, 0.2) is 0 Å². The SMILES string of the molecule is CCP(=O)(CC)OS(C)(=O)=O. The Balaban J connectivity index is 4.47. The standard InChI is InChI=1S/C5H13O4PS/c1-4-10(6,5-2)9-11(3,7)8/h4-5H2,1-3H3. The zero-order chi connectivity index (χ0) is 9.12. The summed E-state index contributed by atoms with van der Waals surface area (Å²) in [4.78, 5) is 0. The highest BCUT2D eigenvalue weighted by Gasteiger charge is 2.23. The van der Waals surface area contributed by atoms with Crippen molar-refractivity contribution in [2.45, 2.75) is 13.8 Å². The summed E-state index contributed by atoms with van der Waals surface area (Å²) in [5, 5.41) is 0. The first-order valence-electron chi connectivity index (χ1n) is 3.32. The van der Waals surface area contributed by atoms with Gasteiger partial charge in [0.2, 0.25) is 7.37 Å². The average molecular weight is 200 g/mol. The average Bonchev–Trinajstić information content (AvgIpc) is 1.84. The fourth-order valence-electron chi connectivity index (χ4n) is 0.576. The van der Waals surface area contributed by atoms with E-state index in [0.717, 1.165) is 6.26 Å². The molecule has 0 N–H and O–H groups in total. The summed E-state index contributed by atoms with van der Waals surface area (Å²) < 4.78 is 37.0. The quantitative estimate of drug-likeness (QED) is 0.641. The number of hydrogen-bond acceptors (Lipinski definition) is 4. The Morgan fingerprint density at radius 1 is 1.27 bits per heavy atom. The number of hydrogen-bond donors (Lipinski definition) is 0. The van der Waals surface area contributed by atoms with Gasteiger partial charge in [0.05, 0.1) is 6.26 Å². The molecule has 0 aliphatic carbocycles. The van der Waals surface area contributed by atoms with E-state index < -0.39 is 17.5 Å². The van der Waals surface area contributed by atoms with Crippen LogP contribution in [0.3, 0.4) is 0 Å². The van der Waals surface area contributed by atoms with Crippen molar-refractivity contribution in [3.05, 3.63) is 0 Å². The second kappa shape index (κ2) is 3.70. The largest absolute Gasteiger partial charge is 0.292 e. The molecular weight excluding hydrogens is 187 g/mol. The zero-order valence-corrected chi connectivity index (χ0v) is 8.61. The van der Waals surface area contributed by atoms with Gasteiger partial charge in [-0.25, -0.2) is 3.97 Å². The van der Waals surface area contributed by atoms with E-state index in [9.17, 15) is 13.0 Å². The first-order chi connectivity index (χ1) is 4.83. The van der Waals surface area contributed by atoms with E-state index in [0.29, 0.717) is 0 Å². The van der Waals surface area contributed by atoms with Crippen LogP contribution >= 0.6 is 7.37 Å². The summed E-state index contributed by atoms with van der Waals surface area (Å²) in [7, 11) is -6.46. The molecule has 0 amide bonds. The van der Waals surface area contributed by atoms with Crippen molar-refractivity contribution < 1.29 is 17.0 Å². The van der Waals surface area contributed by atoms with Gasteiger partial charge >= 0.3 is 0 Å². The minimum Gasteiger partial charge on any atom is -0.292 e. The van der Waals surface area contributed by atoms with Crippen LogP contribution in [0.1, 0.15) is 13.8 Å². The first kappa shape index (κ1) is 11.1. The predicted molar refractivity (Wildman–Crippen MR) is 44.6 cm³/mol. The Hall–Kier alpha value is 0.140. The normalized spacial score (nSPS) is 13.4. The van der Waals surface area contributed by atoms with Gasteiger partial charge in [0.25, 0.3) is 10.1 Å². The van der Waals surface area contributed by atoms with Crippen LogP contribution in [0.5, 0.6) is 0 Å². The maximum Gasteiger partial charge on any atom is 0.270 e. The summed E-state index contributed by atoms with van der Waals surface area (Å²) in [6, 6.07) is 0. The predicted octanol–water partition coefficient (Wildman–Crippen LogP) is 1.28. The Bertz CT molecular complexity index is 248. The van der Waals surface area contributed by atoms with Gasteiger partial charge in [-0.1, -0.05) is 13.8 Å². The lowest BCUT2D eigenvalue weighted by atomic mass is 11.0. The van der Waals surface area contributed by atoms with Crippen molar-refractivity contribution >= 4 is 17.5 Å². The van der Waals surface area contributed by atoms with Gasteiger partial charge in [-0.15, -0.1) is 0 Å². The second-order valence-corrected chi connectivity index (χ2v) is 7.12. The van der Waals surface area contributed by atoms with Crippen molar-refractivity contribution in [3.63, 3.8) is 0 Å². The third kappa shape index (κ3) is 4.56. The highest BCUT2D eigenvalue weighted by atomic mass is 32.2. The molecule has 0 radical (unpaired) electrons. The van der Waals surface area contributed by atoms with Crippen LogP contribution in [0, 0.1) is 0 Å². The van der Waals surface area contributed by atoms with Crippen molar-refractivity contribution in [1.82, 2.24) is 0 Å². The van der Waals surface area contributed by atoms with Crippen molar-refractivity contribution in [1.29, 1.82) is 0 Å². The van der Waals surface area contributed by atoms with Crippen molar-refractivity contribution in [2.24, 2.45) is 0 Å². The lowest BCUT2D eigenvalue weighted by molar-refractivity contribution is 0.465. The fourth-order valence-corrected chi connectivity index (χ4v) is 3.84. The molecule has 0 aromatic heterocycles. The summed E-state index contributed by atoms with van der Waals surface area (Å²) in [6.45, 7) is 3.30. The molecule has 68 valence electrons. The van der Waals surface area contributed by atoms with Crippen LogP contribution in [0.2, 0.25) is 0 Å². The van der Waals surface area contributed by atoms with E-state index >= 15 is 0 Å².